The predicted octanol–water partition coefficient (Wildman–Crippen LogP) is 3.85. The third-order valence-corrected chi connectivity index (χ3v) is 5.10. The van der Waals surface area contributed by atoms with Crippen LogP contribution >= 0.6 is 11.6 Å². The lowest BCUT2D eigenvalue weighted by atomic mass is 9.95. The quantitative estimate of drug-likeness (QED) is 0.441. The zero-order valence-electron chi connectivity index (χ0n) is 16.2. The number of carbonyl (C=O) groups is 2. The number of carbonyl (C=O) groups excluding carboxylic acids is 2. The molecular weight excluding hydrogens is 395 g/mol. The molecule has 0 aliphatic carbocycles. The van der Waals surface area contributed by atoms with Gasteiger partial charge in [-0.15, -0.1) is 0 Å². The molecule has 152 valence electrons. The van der Waals surface area contributed by atoms with Gasteiger partial charge >= 0.3 is 0 Å². The molecule has 1 heterocycles. The largest absolute Gasteiger partial charge is 0.507 e. The Balaban J connectivity index is 2.07. The van der Waals surface area contributed by atoms with E-state index in [1.54, 1.807) is 24.3 Å². The van der Waals surface area contributed by atoms with E-state index in [1.165, 1.54) is 29.2 Å². The molecule has 2 aromatic rings. The van der Waals surface area contributed by atoms with Crippen molar-refractivity contribution in [3.63, 3.8) is 0 Å². The van der Waals surface area contributed by atoms with Gasteiger partial charge in [-0.05, 0) is 69.0 Å². The Morgan fingerprint density at radius 1 is 1.10 bits per heavy atom. The Labute approximate surface area is 174 Å². The average molecular weight is 417 g/mol. The summed E-state index contributed by atoms with van der Waals surface area (Å²) in [6.45, 7) is 1.10. The fraction of sp³-hybridized carbons (Fsp3) is 0.273. The highest BCUT2D eigenvalue weighted by Crippen LogP contribution is 2.39. The molecule has 1 atom stereocenters. The highest BCUT2D eigenvalue weighted by molar-refractivity contribution is 6.46. The number of aliphatic hydroxyl groups excluding tert-OH is 1. The number of amides is 1. The highest BCUT2D eigenvalue weighted by Gasteiger charge is 2.45. The van der Waals surface area contributed by atoms with Gasteiger partial charge in [0.05, 0.1) is 11.6 Å². The fourth-order valence-corrected chi connectivity index (χ4v) is 3.55. The van der Waals surface area contributed by atoms with Crippen molar-refractivity contribution in [2.24, 2.45) is 0 Å². The van der Waals surface area contributed by atoms with Gasteiger partial charge in [0.25, 0.3) is 11.7 Å². The normalized spacial score (nSPS) is 18.7. The summed E-state index contributed by atoms with van der Waals surface area (Å²) in [6.07, 6.45) is 0.667. The molecule has 1 N–H and O–H groups in total. The Bertz CT molecular complexity index is 940. The second-order valence-electron chi connectivity index (χ2n) is 7.21. The van der Waals surface area contributed by atoms with Crippen LogP contribution in [0.25, 0.3) is 5.76 Å². The molecule has 1 fully saturated rings. The third-order valence-electron chi connectivity index (χ3n) is 4.85. The number of likely N-dealkylation sites (tertiary alicyclic amines) is 1. The molecular formula is C22H22ClFN2O3. The van der Waals surface area contributed by atoms with Crippen LogP contribution in [0.4, 0.5) is 4.39 Å². The number of ketones is 1. The molecule has 0 saturated carbocycles. The maximum absolute atomic E-state index is 13.3. The fourth-order valence-electron chi connectivity index (χ4n) is 3.42. The molecule has 1 aliphatic rings. The Morgan fingerprint density at radius 3 is 2.31 bits per heavy atom. The molecule has 29 heavy (non-hydrogen) atoms. The number of hydrogen-bond donors (Lipinski definition) is 1. The van der Waals surface area contributed by atoms with Crippen molar-refractivity contribution in [3.8, 4) is 0 Å². The van der Waals surface area contributed by atoms with E-state index in [0.29, 0.717) is 23.6 Å². The second-order valence-corrected chi connectivity index (χ2v) is 7.64. The zero-order chi connectivity index (χ0) is 21.1. The SMILES string of the molecule is CN(C)CCCN1C(=O)C(=O)/C(=C(/O)c2ccc(F)cc2)[C@@H]1c1ccc(Cl)cc1. The van der Waals surface area contributed by atoms with Crippen molar-refractivity contribution in [1.29, 1.82) is 0 Å². The molecule has 0 spiro atoms. The van der Waals surface area contributed by atoms with Crippen LogP contribution < -0.4 is 0 Å². The first-order valence-corrected chi connectivity index (χ1v) is 9.62. The number of rotatable bonds is 6. The summed E-state index contributed by atoms with van der Waals surface area (Å²) in [5, 5.41) is 11.4. The Morgan fingerprint density at radius 2 is 1.72 bits per heavy atom. The second kappa shape index (κ2) is 8.76. The van der Waals surface area contributed by atoms with Crippen molar-refractivity contribution in [1.82, 2.24) is 9.80 Å². The first-order chi connectivity index (χ1) is 13.8. The minimum Gasteiger partial charge on any atom is -0.507 e. The monoisotopic (exact) mass is 416 g/mol. The van der Waals surface area contributed by atoms with Crippen molar-refractivity contribution in [3.05, 3.63) is 76.1 Å². The minimum absolute atomic E-state index is 0.00576. The molecule has 7 heteroatoms. The number of nitrogens with zero attached hydrogens (tertiary/aromatic N) is 2. The van der Waals surface area contributed by atoms with E-state index >= 15 is 0 Å². The molecule has 0 bridgehead atoms. The lowest BCUT2D eigenvalue weighted by molar-refractivity contribution is -0.139. The van der Waals surface area contributed by atoms with Gasteiger partial charge in [0, 0.05) is 17.1 Å². The molecule has 2 aromatic carbocycles. The van der Waals surface area contributed by atoms with Crippen LogP contribution in [0, 0.1) is 5.82 Å². The van der Waals surface area contributed by atoms with Gasteiger partial charge in [-0.1, -0.05) is 23.7 Å². The average Bonchev–Trinajstić information content (AvgIpc) is 2.93. The molecule has 0 unspecified atom stereocenters. The molecule has 0 aromatic heterocycles. The molecule has 5 nitrogen and oxygen atoms in total. The molecule has 0 radical (unpaired) electrons. The molecule has 1 aliphatic heterocycles. The van der Waals surface area contributed by atoms with Gasteiger partial charge in [0.2, 0.25) is 0 Å². The topological polar surface area (TPSA) is 60.9 Å². The Kier molecular flexibility index (Phi) is 6.35. The smallest absolute Gasteiger partial charge is 0.295 e. The van der Waals surface area contributed by atoms with Crippen molar-refractivity contribution in [2.45, 2.75) is 12.5 Å². The van der Waals surface area contributed by atoms with Crippen molar-refractivity contribution >= 4 is 29.1 Å². The van der Waals surface area contributed by atoms with Crippen LogP contribution in [-0.4, -0.2) is 53.8 Å². The standard InChI is InChI=1S/C22H22ClFN2O3/c1-25(2)12-3-13-26-19(14-4-8-16(23)9-5-14)18(21(28)22(26)29)20(27)15-6-10-17(24)11-7-15/h4-11,19,27H,3,12-13H2,1-2H3/b20-18+/t19-/m0/s1. The molecule has 1 saturated heterocycles. The van der Waals surface area contributed by atoms with Gasteiger partial charge in [0.1, 0.15) is 11.6 Å². The number of hydrogen-bond acceptors (Lipinski definition) is 4. The van der Waals surface area contributed by atoms with E-state index in [4.69, 9.17) is 11.6 Å². The van der Waals surface area contributed by atoms with Gasteiger partial charge in [-0.25, -0.2) is 4.39 Å². The van der Waals surface area contributed by atoms with Gasteiger partial charge < -0.3 is 14.9 Å². The number of aliphatic hydroxyl groups is 1. The van der Waals surface area contributed by atoms with Gasteiger partial charge in [-0.2, -0.15) is 0 Å². The summed E-state index contributed by atoms with van der Waals surface area (Å²) in [6, 6.07) is 11.2. The van der Waals surface area contributed by atoms with Gasteiger partial charge in [-0.3, -0.25) is 9.59 Å². The van der Waals surface area contributed by atoms with Crippen LogP contribution in [-0.2, 0) is 9.59 Å². The molecule has 1 amide bonds. The first kappa shape index (κ1) is 21.0. The predicted molar refractivity (Wildman–Crippen MR) is 110 cm³/mol. The van der Waals surface area contributed by atoms with E-state index in [-0.39, 0.29) is 16.9 Å². The third kappa shape index (κ3) is 4.49. The van der Waals surface area contributed by atoms with Crippen molar-refractivity contribution < 1.29 is 19.1 Å². The van der Waals surface area contributed by atoms with Crippen LogP contribution in [0.2, 0.25) is 5.02 Å². The van der Waals surface area contributed by atoms with E-state index < -0.39 is 23.5 Å². The minimum atomic E-state index is -0.753. The summed E-state index contributed by atoms with van der Waals surface area (Å²) in [4.78, 5) is 29.1. The summed E-state index contributed by atoms with van der Waals surface area (Å²) >= 11 is 5.99. The number of halogens is 2. The van der Waals surface area contributed by atoms with Crippen LogP contribution in [0.5, 0.6) is 0 Å². The highest BCUT2D eigenvalue weighted by atomic mass is 35.5. The van der Waals surface area contributed by atoms with E-state index in [1.807, 2.05) is 19.0 Å². The van der Waals surface area contributed by atoms with Crippen LogP contribution in [0.15, 0.2) is 54.1 Å². The summed E-state index contributed by atoms with van der Waals surface area (Å²) < 4.78 is 13.3. The van der Waals surface area contributed by atoms with Crippen LogP contribution in [0.1, 0.15) is 23.6 Å². The zero-order valence-corrected chi connectivity index (χ0v) is 17.0. The molecule has 3 rings (SSSR count). The van der Waals surface area contributed by atoms with Crippen molar-refractivity contribution in [2.75, 3.05) is 27.2 Å². The summed E-state index contributed by atoms with van der Waals surface area (Å²) in [5.74, 6) is -2.19. The maximum Gasteiger partial charge on any atom is 0.295 e. The van der Waals surface area contributed by atoms with E-state index in [0.717, 1.165) is 6.54 Å². The Hall–Kier alpha value is -2.70. The van der Waals surface area contributed by atoms with E-state index in [2.05, 4.69) is 0 Å². The van der Waals surface area contributed by atoms with Crippen LogP contribution in [0.3, 0.4) is 0 Å². The summed E-state index contributed by atoms with van der Waals surface area (Å²) in [7, 11) is 3.86. The number of Topliss-reactive ketones (excluding diaryl/α,β-unsaturated/α-hetero) is 1. The summed E-state index contributed by atoms with van der Waals surface area (Å²) in [5.41, 5.74) is 0.938. The lowest BCUT2D eigenvalue weighted by Gasteiger charge is -2.26. The van der Waals surface area contributed by atoms with Gasteiger partial charge in [0.15, 0.2) is 0 Å². The van der Waals surface area contributed by atoms with E-state index in [9.17, 15) is 19.1 Å². The number of benzene rings is 2. The maximum atomic E-state index is 13.3. The lowest BCUT2D eigenvalue weighted by Crippen LogP contribution is -2.32. The first-order valence-electron chi connectivity index (χ1n) is 9.24.